The van der Waals surface area contributed by atoms with Gasteiger partial charge in [0.25, 0.3) is 5.24 Å². The minimum absolute atomic E-state index is 0.562. The summed E-state index contributed by atoms with van der Waals surface area (Å²) in [5, 5.41) is -0.805. The van der Waals surface area contributed by atoms with Gasteiger partial charge in [0.15, 0.2) is 0 Å². The van der Waals surface area contributed by atoms with Crippen molar-refractivity contribution in [1.29, 1.82) is 0 Å². The highest BCUT2D eigenvalue weighted by Gasteiger charge is 2.34. The topological polar surface area (TPSA) is 17.1 Å². The Hall–Kier alpha value is 1.33. The molecular formula is C13H21Cl3OS3. The molecule has 0 unspecified atom stereocenters. The third-order valence-corrected chi connectivity index (χ3v) is 6.60. The first-order valence-corrected chi connectivity index (χ1v) is 10.2. The van der Waals surface area contributed by atoms with Gasteiger partial charge in [-0.2, -0.15) is 0 Å². The minimum Gasteiger partial charge on any atom is -0.277 e. The van der Waals surface area contributed by atoms with E-state index in [0.29, 0.717) is 3.53 Å². The van der Waals surface area contributed by atoms with Gasteiger partial charge < -0.3 is 0 Å². The molecule has 0 N–H and O–H groups in total. The van der Waals surface area contributed by atoms with E-state index < -0.39 is 8.91 Å². The van der Waals surface area contributed by atoms with Crippen LogP contribution in [0.4, 0.5) is 0 Å². The summed E-state index contributed by atoms with van der Waals surface area (Å²) in [6.45, 7) is 2.23. The molecule has 0 aromatic rings. The molecule has 0 bridgehead atoms. The van der Waals surface area contributed by atoms with Crippen LogP contribution < -0.4 is 0 Å². The van der Waals surface area contributed by atoms with E-state index in [4.69, 9.17) is 47.0 Å². The summed E-state index contributed by atoms with van der Waals surface area (Å²) in [4.78, 5) is 10.9. The molecule has 1 nitrogen and oxygen atoms in total. The zero-order chi connectivity index (χ0) is 15.4. The summed E-state index contributed by atoms with van der Waals surface area (Å²) in [6.07, 6.45) is 10.3. The molecule has 20 heavy (non-hydrogen) atoms. The van der Waals surface area contributed by atoms with Crippen LogP contribution in [0.15, 0.2) is 0 Å². The molecule has 0 aliphatic heterocycles. The number of carbonyl (C=O) groups excluding carboxylic acids is 1. The fraction of sp³-hybridized carbons (Fsp3) is 0.846. The van der Waals surface area contributed by atoms with Crippen molar-refractivity contribution in [3.05, 3.63) is 0 Å². The Morgan fingerprint density at radius 1 is 1.05 bits per heavy atom. The van der Waals surface area contributed by atoms with Crippen molar-refractivity contribution in [1.82, 2.24) is 0 Å². The normalized spacial score (nSPS) is 11.6. The number of unbranched alkanes of at least 4 members (excludes halogenated alkanes) is 7. The lowest BCUT2D eigenvalue weighted by molar-refractivity contribution is -0.110. The predicted octanol–water partition coefficient (Wildman–Crippen LogP) is 6.78. The quantitative estimate of drug-likeness (QED) is 0.166. The van der Waals surface area contributed by atoms with E-state index in [9.17, 15) is 4.79 Å². The second kappa shape index (κ2) is 12.8. The maximum Gasteiger partial charge on any atom is 0.268 e. The molecule has 0 aliphatic rings. The molecule has 0 amide bonds. The van der Waals surface area contributed by atoms with Crippen LogP contribution >= 0.6 is 70.5 Å². The van der Waals surface area contributed by atoms with Gasteiger partial charge in [0.2, 0.25) is 3.67 Å². The van der Waals surface area contributed by atoms with Crippen molar-refractivity contribution in [3.8, 4) is 0 Å². The molecule has 0 saturated carbocycles. The van der Waals surface area contributed by atoms with E-state index in [1.807, 2.05) is 0 Å². The fourth-order valence-electron chi connectivity index (χ4n) is 1.57. The Morgan fingerprint density at radius 3 is 2.05 bits per heavy atom. The maximum absolute atomic E-state index is 10.9. The summed E-state index contributed by atoms with van der Waals surface area (Å²) in [5.41, 5.74) is 0. The van der Waals surface area contributed by atoms with E-state index >= 15 is 0 Å². The standard InChI is InChI=1S/C13H21Cl3OS3/c1-2-3-4-5-6-7-8-9-10-19-12(18)20-13(15,16)11(14)17/h2-10H2,1H3. The summed E-state index contributed by atoms with van der Waals surface area (Å²) < 4.78 is -1.10. The van der Waals surface area contributed by atoms with Crippen LogP contribution in [0.2, 0.25) is 0 Å². The lowest BCUT2D eigenvalue weighted by Crippen LogP contribution is -2.17. The van der Waals surface area contributed by atoms with Gasteiger partial charge in [-0.25, -0.2) is 0 Å². The van der Waals surface area contributed by atoms with Crippen molar-refractivity contribution in [3.63, 3.8) is 0 Å². The summed E-state index contributed by atoms with van der Waals surface area (Å²) in [7, 11) is 0. The Bertz CT molecular complexity index is 299. The third kappa shape index (κ3) is 11.9. The highest BCUT2D eigenvalue weighted by atomic mass is 35.5. The minimum atomic E-state index is -1.66. The van der Waals surface area contributed by atoms with Crippen LogP contribution in [0.3, 0.4) is 0 Å². The van der Waals surface area contributed by atoms with Crippen LogP contribution in [-0.2, 0) is 4.79 Å². The number of alkyl halides is 2. The first-order valence-electron chi connectivity index (χ1n) is 6.83. The van der Waals surface area contributed by atoms with Crippen LogP contribution in [0, 0.1) is 0 Å². The van der Waals surface area contributed by atoms with Crippen molar-refractivity contribution in [2.24, 2.45) is 0 Å². The number of thioether (sulfide) groups is 2. The lowest BCUT2D eigenvalue weighted by atomic mass is 10.1. The Labute approximate surface area is 151 Å². The molecular weight excluding hydrogens is 375 g/mol. The largest absolute Gasteiger partial charge is 0.277 e. The van der Waals surface area contributed by atoms with Gasteiger partial charge in [0.05, 0.1) is 0 Å². The maximum atomic E-state index is 10.9. The fourth-order valence-corrected chi connectivity index (χ4v) is 4.98. The van der Waals surface area contributed by atoms with Gasteiger partial charge in [0, 0.05) is 0 Å². The number of rotatable bonds is 11. The molecule has 0 rings (SSSR count). The van der Waals surface area contributed by atoms with E-state index in [1.165, 1.54) is 56.7 Å². The molecule has 0 heterocycles. The summed E-state index contributed by atoms with van der Waals surface area (Å²) in [6, 6.07) is 0. The number of hydrogen-bond donors (Lipinski definition) is 0. The van der Waals surface area contributed by atoms with Crippen molar-refractivity contribution >= 4 is 79.3 Å². The highest BCUT2D eigenvalue weighted by Crippen LogP contribution is 2.40. The zero-order valence-electron chi connectivity index (χ0n) is 11.6. The molecule has 7 heteroatoms. The molecule has 0 aromatic carbocycles. The van der Waals surface area contributed by atoms with Crippen LogP contribution in [-0.4, -0.2) is 18.2 Å². The van der Waals surface area contributed by atoms with Gasteiger partial charge >= 0.3 is 0 Å². The first-order chi connectivity index (χ1) is 9.40. The number of halogens is 3. The van der Waals surface area contributed by atoms with Crippen molar-refractivity contribution in [2.45, 2.75) is 62.0 Å². The summed E-state index contributed by atoms with van der Waals surface area (Å²) >= 11 is 24.3. The van der Waals surface area contributed by atoms with E-state index in [1.54, 1.807) is 0 Å². The van der Waals surface area contributed by atoms with E-state index in [-0.39, 0.29) is 0 Å². The number of thiocarbonyl (C=S) groups is 1. The Balaban J connectivity index is 3.47. The molecule has 0 aromatic heterocycles. The monoisotopic (exact) mass is 394 g/mol. The SMILES string of the molecule is CCCCCCCCCCSC(=S)SC(Cl)(Cl)C(=O)Cl. The van der Waals surface area contributed by atoms with Gasteiger partial charge in [0.1, 0.15) is 3.53 Å². The average Bonchev–Trinajstić information content (AvgIpc) is 2.36. The zero-order valence-corrected chi connectivity index (χ0v) is 16.3. The highest BCUT2D eigenvalue weighted by molar-refractivity contribution is 8.48. The van der Waals surface area contributed by atoms with E-state index in [2.05, 4.69) is 6.92 Å². The molecule has 0 radical (unpaired) electrons. The second-order valence-electron chi connectivity index (χ2n) is 4.47. The second-order valence-corrected chi connectivity index (χ2v) is 10.1. The van der Waals surface area contributed by atoms with Crippen LogP contribution in [0.1, 0.15) is 58.3 Å². The van der Waals surface area contributed by atoms with Gasteiger partial charge in [-0.05, 0) is 23.8 Å². The third-order valence-electron chi connectivity index (χ3n) is 2.66. The summed E-state index contributed by atoms with van der Waals surface area (Å²) in [5.74, 6) is 0.932. The smallest absolute Gasteiger partial charge is 0.268 e. The number of carbonyl (C=O) groups is 1. The molecule has 0 fully saturated rings. The van der Waals surface area contributed by atoms with Gasteiger partial charge in [-0.15, -0.1) is 11.8 Å². The molecule has 0 atom stereocenters. The van der Waals surface area contributed by atoms with Gasteiger partial charge in [-0.1, -0.05) is 99.1 Å². The lowest BCUT2D eigenvalue weighted by Gasteiger charge is -2.13. The average molecular weight is 396 g/mol. The molecule has 118 valence electrons. The van der Waals surface area contributed by atoms with Crippen molar-refractivity contribution < 1.29 is 4.79 Å². The Kier molecular flexibility index (Phi) is 13.7. The van der Waals surface area contributed by atoms with Gasteiger partial charge in [-0.3, -0.25) is 4.79 Å². The number of hydrogen-bond acceptors (Lipinski definition) is 4. The first kappa shape index (κ1) is 21.3. The van der Waals surface area contributed by atoms with Crippen molar-refractivity contribution in [2.75, 3.05) is 5.75 Å². The van der Waals surface area contributed by atoms with Crippen LogP contribution in [0.5, 0.6) is 0 Å². The van der Waals surface area contributed by atoms with Crippen LogP contribution in [0.25, 0.3) is 0 Å². The molecule has 0 aliphatic carbocycles. The predicted molar refractivity (Wildman–Crippen MR) is 101 cm³/mol. The molecule has 0 spiro atoms. The van der Waals surface area contributed by atoms with E-state index in [0.717, 1.165) is 23.9 Å². The molecule has 0 saturated heterocycles. The Morgan fingerprint density at radius 2 is 1.55 bits per heavy atom.